The van der Waals surface area contributed by atoms with Gasteiger partial charge in [0.15, 0.2) is 0 Å². The normalized spacial score (nSPS) is 25.8. The first kappa shape index (κ1) is 17.6. The highest BCUT2D eigenvalue weighted by atomic mass is 32.2. The zero-order chi connectivity index (χ0) is 18.1. The van der Waals surface area contributed by atoms with Crippen LogP contribution in [0.1, 0.15) is 12.5 Å². The van der Waals surface area contributed by atoms with Gasteiger partial charge in [-0.25, -0.2) is 4.79 Å². The predicted molar refractivity (Wildman–Crippen MR) is 96.2 cm³/mol. The summed E-state index contributed by atoms with van der Waals surface area (Å²) in [6.45, 7) is 1.83. The monoisotopic (exact) mass is 360 g/mol. The molecule has 6 nitrogen and oxygen atoms in total. The molecular weight excluding hydrogens is 340 g/mol. The molecule has 7 heteroatoms. The maximum absolute atomic E-state index is 12.0. The molecule has 0 aliphatic carbocycles. The maximum Gasteiger partial charge on any atom is 0.352 e. The Balaban J connectivity index is 1.97. The summed E-state index contributed by atoms with van der Waals surface area (Å²) >= 11 is 1.54. The lowest BCUT2D eigenvalue weighted by atomic mass is 9.97. The number of carboxylic acid groups (broad SMARTS) is 1. The highest BCUT2D eigenvalue weighted by Crippen LogP contribution is 2.45. The maximum atomic E-state index is 12.0. The number of carboxylic acids is 1. The molecule has 0 radical (unpaired) electrons. The number of thioether (sulfide) groups is 1. The van der Waals surface area contributed by atoms with Gasteiger partial charge in [0, 0.05) is 5.25 Å². The number of benzene rings is 1. The van der Waals surface area contributed by atoms with E-state index in [0.717, 1.165) is 11.3 Å². The zero-order valence-electron chi connectivity index (χ0n) is 14.0. The molecule has 2 unspecified atom stereocenters. The molecule has 1 aromatic rings. The highest BCUT2D eigenvalue weighted by molar-refractivity contribution is 8.00. The average molecular weight is 360 g/mol. The zero-order valence-corrected chi connectivity index (χ0v) is 14.8. The van der Waals surface area contributed by atoms with Crippen molar-refractivity contribution in [2.75, 3.05) is 7.11 Å². The number of carbonyl (C=O) groups is 2. The smallest absolute Gasteiger partial charge is 0.352 e. The van der Waals surface area contributed by atoms with Gasteiger partial charge in [-0.1, -0.05) is 24.3 Å². The molecule has 3 N–H and O–H groups in total. The van der Waals surface area contributed by atoms with Gasteiger partial charge in [-0.05, 0) is 36.6 Å². The number of nitrogens with zero attached hydrogens (tertiary/aromatic N) is 1. The average Bonchev–Trinajstić information content (AvgIpc) is 2.62. The van der Waals surface area contributed by atoms with E-state index < -0.39 is 12.0 Å². The first-order chi connectivity index (χ1) is 12.0. The minimum Gasteiger partial charge on any atom is -0.497 e. The van der Waals surface area contributed by atoms with Crippen LogP contribution in [-0.2, 0) is 16.0 Å². The number of β-lactam (4-membered cyclic amide) rings is 1. The van der Waals surface area contributed by atoms with E-state index in [-0.39, 0.29) is 22.2 Å². The Bertz CT molecular complexity index is 757. The van der Waals surface area contributed by atoms with Gasteiger partial charge in [0.1, 0.15) is 22.9 Å². The van der Waals surface area contributed by atoms with Crippen molar-refractivity contribution in [3.63, 3.8) is 0 Å². The van der Waals surface area contributed by atoms with Crippen LogP contribution >= 0.6 is 11.8 Å². The number of hydrogen-bond donors (Lipinski definition) is 2. The quantitative estimate of drug-likeness (QED) is 0.778. The minimum atomic E-state index is -1.10. The van der Waals surface area contributed by atoms with Gasteiger partial charge in [0.25, 0.3) is 0 Å². The number of allylic oxidation sites excluding steroid dienone is 2. The van der Waals surface area contributed by atoms with Crippen LogP contribution in [0, 0.1) is 0 Å². The second-order valence-electron chi connectivity index (χ2n) is 5.91. The first-order valence-electron chi connectivity index (χ1n) is 7.95. The summed E-state index contributed by atoms with van der Waals surface area (Å²) in [6.07, 6.45) is 4.22. The number of fused-ring (bicyclic) bond motifs is 1. The number of nitrogens with two attached hydrogens (primary N) is 1. The molecule has 25 heavy (non-hydrogen) atoms. The van der Waals surface area contributed by atoms with Gasteiger partial charge in [-0.2, -0.15) is 0 Å². The Morgan fingerprint density at radius 3 is 2.64 bits per heavy atom. The summed E-state index contributed by atoms with van der Waals surface area (Å²) in [6, 6.07) is 7.04. The van der Waals surface area contributed by atoms with Crippen molar-refractivity contribution in [3.05, 3.63) is 53.3 Å². The molecule has 0 saturated carbocycles. The lowest BCUT2D eigenvalue weighted by Crippen LogP contribution is -2.69. The SMILES string of the molecule is CC=CC1=C(C(=O)O)N2C(=O)C(N)[C@H]2SC1Cc1ccc(OC)cc1. The van der Waals surface area contributed by atoms with E-state index in [4.69, 9.17) is 10.5 Å². The Morgan fingerprint density at radius 1 is 1.40 bits per heavy atom. The molecule has 2 aliphatic heterocycles. The van der Waals surface area contributed by atoms with Crippen molar-refractivity contribution < 1.29 is 19.4 Å². The van der Waals surface area contributed by atoms with Gasteiger partial charge in [0.05, 0.1) is 7.11 Å². The third-order valence-corrected chi connectivity index (χ3v) is 5.91. The van der Waals surface area contributed by atoms with E-state index in [9.17, 15) is 14.7 Å². The number of aliphatic carboxylic acids is 1. The molecule has 3 atom stereocenters. The Morgan fingerprint density at radius 2 is 2.08 bits per heavy atom. The number of amides is 1. The summed E-state index contributed by atoms with van der Waals surface area (Å²) in [5.74, 6) is -0.661. The minimum absolute atomic E-state index is 0.0482. The molecule has 0 aromatic heterocycles. The first-order valence-corrected chi connectivity index (χ1v) is 8.89. The van der Waals surface area contributed by atoms with Crippen molar-refractivity contribution in [2.24, 2.45) is 5.73 Å². The summed E-state index contributed by atoms with van der Waals surface area (Å²) < 4.78 is 5.17. The Kier molecular flexibility index (Phi) is 4.87. The lowest BCUT2D eigenvalue weighted by Gasteiger charge is -2.50. The topological polar surface area (TPSA) is 92.9 Å². The van der Waals surface area contributed by atoms with Gasteiger partial charge in [0.2, 0.25) is 5.91 Å². The molecule has 1 amide bonds. The van der Waals surface area contributed by atoms with Gasteiger partial charge < -0.3 is 15.6 Å². The number of carbonyl (C=O) groups excluding carboxylic acids is 1. The van der Waals surface area contributed by atoms with Gasteiger partial charge in [-0.15, -0.1) is 11.8 Å². The van der Waals surface area contributed by atoms with E-state index in [2.05, 4.69) is 0 Å². The molecule has 1 saturated heterocycles. The van der Waals surface area contributed by atoms with Crippen molar-refractivity contribution in [1.82, 2.24) is 4.90 Å². The summed E-state index contributed by atoms with van der Waals surface area (Å²) in [4.78, 5) is 25.2. The molecule has 2 aliphatic rings. The van der Waals surface area contributed by atoms with Crippen LogP contribution in [0.4, 0.5) is 0 Å². The van der Waals surface area contributed by atoms with Crippen LogP contribution in [0.5, 0.6) is 5.75 Å². The van der Waals surface area contributed by atoms with Crippen molar-refractivity contribution in [2.45, 2.75) is 30.0 Å². The third-order valence-electron chi connectivity index (χ3n) is 4.38. The fraction of sp³-hybridized carbons (Fsp3) is 0.333. The molecular formula is C18H20N2O4S. The number of hydrogen-bond acceptors (Lipinski definition) is 5. The van der Waals surface area contributed by atoms with Crippen LogP contribution in [0.3, 0.4) is 0 Å². The number of ether oxygens (including phenoxy) is 1. The second kappa shape index (κ2) is 6.93. The number of rotatable bonds is 5. The molecule has 1 aromatic carbocycles. The summed E-state index contributed by atoms with van der Waals surface area (Å²) in [7, 11) is 1.61. The largest absolute Gasteiger partial charge is 0.497 e. The predicted octanol–water partition coefficient (Wildman–Crippen LogP) is 1.76. The van der Waals surface area contributed by atoms with Gasteiger partial charge in [-0.3, -0.25) is 9.69 Å². The van der Waals surface area contributed by atoms with Crippen LogP contribution in [0.2, 0.25) is 0 Å². The van der Waals surface area contributed by atoms with E-state index in [1.165, 1.54) is 4.90 Å². The summed E-state index contributed by atoms with van der Waals surface area (Å²) in [5.41, 5.74) is 7.65. The van der Waals surface area contributed by atoms with E-state index >= 15 is 0 Å². The lowest BCUT2D eigenvalue weighted by molar-refractivity contribution is -0.148. The fourth-order valence-electron chi connectivity index (χ4n) is 3.13. The van der Waals surface area contributed by atoms with Crippen molar-refractivity contribution in [1.29, 1.82) is 0 Å². The molecule has 0 spiro atoms. The molecule has 3 rings (SSSR count). The highest BCUT2D eigenvalue weighted by Gasteiger charge is 2.53. The molecule has 0 bridgehead atoms. The van der Waals surface area contributed by atoms with E-state index in [1.54, 1.807) is 31.0 Å². The van der Waals surface area contributed by atoms with Crippen LogP contribution in [0.25, 0.3) is 0 Å². The molecule has 1 fully saturated rings. The molecule has 2 heterocycles. The standard InChI is InChI=1S/C18H20N2O4S/c1-3-4-12-13(9-10-5-7-11(24-2)8-6-10)25-17-14(19)16(21)20(17)15(12)18(22)23/h3-8,13-14,17H,9,19H2,1-2H3,(H,22,23)/t13?,14?,17-/m1/s1. The van der Waals surface area contributed by atoms with Crippen molar-refractivity contribution in [3.8, 4) is 5.75 Å². The van der Waals surface area contributed by atoms with E-state index in [0.29, 0.717) is 12.0 Å². The second-order valence-corrected chi connectivity index (χ2v) is 7.23. The van der Waals surface area contributed by atoms with Crippen LogP contribution in [-0.4, -0.2) is 45.7 Å². The Labute approximate surface area is 150 Å². The number of methoxy groups -OCH3 is 1. The summed E-state index contributed by atoms with van der Waals surface area (Å²) in [5, 5.41) is 9.25. The third kappa shape index (κ3) is 3.05. The van der Waals surface area contributed by atoms with E-state index in [1.807, 2.05) is 31.2 Å². The molecule has 132 valence electrons. The fourth-order valence-corrected chi connectivity index (χ4v) is 4.71. The van der Waals surface area contributed by atoms with Gasteiger partial charge >= 0.3 is 5.97 Å². The Hall–Kier alpha value is -2.25. The van der Waals surface area contributed by atoms with Crippen LogP contribution in [0.15, 0.2) is 47.7 Å². The van der Waals surface area contributed by atoms with Crippen LogP contribution < -0.4 is 10.5 Å². The van der Waals surface area contributed by atoms with Crippen molar-refractivity contribution >= 4 is 23.6 Å².